The van der Waals surface area contributed by atoms with Crippen LogP contribution >= 0.6 is 0 Å². The van der Waals surface area contributed by atoms with Crippen molar-refractivity contribution in [3.63, 3.8) is 0 Å². The molecule has 1 aliphatic heterocycles. The average Bonchev–Trinajstić information content (AvgIpc) is 3.25. The molecule has 0 amide bonds. The number of nitrogens with zero attached hydrogens (tertiary/aromatic N) is 5. The van der Waals surface area contributed by atoms with Crippen molar-refractivity contribution >= 4 is 0 Å². The van der Waals surface area contributed by atoms with Gasteiger partial charge in [-0.3, -0.25) is 14.4 Å². The van der Waals surface area contributed by atoms with Crippen molar-refractivity contribution in [3.8, 4) is 5.95 Å². The maximum absolute atomic E-state index is 9.61. The van der Waals surface area contributed by atoms with Crippen molar-refractivity contribution < 1.29 is 5.11 Å². The van der Waals surface area contributed by atoms with E-state index in [1.165, 1.54) is 11.3 Å². The molecule has 0 aliphatic carbocycles. The molecule has 0 bridgehead atoms. The van der Waals surface area contributed by atoms with Gasteiger partial charge in [0.05, 0.1) is 0 Å². The van der Waals surface area contributed by atoms with Crippen molar-refractivity contribution in [2.75, 3.05) is 32.8 Å². The predicted molar refractivity (Wildman–Crippen MR) is 118 cm³/mol. The number of hydrogen-bond acceptors (Lipinski definition) is 5. The first kappa shape index (κ1) is 20.7. The van der Waals surface area contributed by atoms with Crippen LogP contribution in [0.2, 0.25) is 0 Å². The van der Waals surface area contributed by atoms with Crippen LogP contribution in [-0.4, -0.2) is 68.3 Å². The Hall–Kier alpha value is -2.54. The van der Waals surface area contributed by atoms with Crippen LogP contribution < -0.4 is 0 Å². The van der Waals surface area contributed by atoms with Gasteiger partial charge in [-0.05, 0) is 49.6 Å². The van der Waals surface area contributed by atoms with Crippen molar-refractivity contribution in [1.82, 2.24) is 24.3 Å². The van der Waals surface area contributed by atoms with Gasteiger partial charge in [0.1, 0.15) is 0 Å². The second kappa shape index (κ2) is 10.5. The molecule has 2 aromatic heterocycles. The third-order valence-electron chi connectivity index (χ3n) is 5.89. The Morgan fingerprint density at radius 3 is 2.60 bits per heavy atom. The van der Waals surface area contributed by atoms with Gasteiger partial charge in [-0.2, -0.15) is 0 Å². The summed E-state index contributed by atoms with van der Waals surface area (Å²) in [4.78, 5) is 13.8. The van der Waals surface area contributed by atoms with E-state index in [1.807, 2.05) is 12.3 Å². The summed E-state index contributed by atoms with van der Waals surface area (Å²) in [6.45, 7) is 5.25. The summed E-state index contributed by atoms with van der Waals surface area (Å²) in [7, 11) is 0. The molecule has 1 N–H and O–H groups in total. The van der Waals surface area contributed by atoms with Crippen LogP contribution in [0.15, 0.2) is 67.1 Å². The largest absolute Gasteiger partial charge is 0.396 e. The molecule has 0 saturated carbocycles. The first-order valence-corrected chi connectivity index (χ1v) is 10.9. The molecular formula is C24H31N5O. The van der Waals surface area contributed by atoms with Crippen LogP contribution in [-0.2, 0) is 13.0 Å². The van der Waals surface area contributed by atoms with E-state index in [-0.39, 0.29) is 6.61 Å². The lowest BCUT2D eigenvalue weighted by Gasteiger charge is -2.41. The van der Waals surface area contributed by atoms with Crippen molar-refractivity contribution in [2.45, 2.75) is 31.8 Å². The van der Waals surface area contributed by atoms with Gasteiger partial charge >= 0.3 is 0 Å². The Morgan fingerprint density at radius 1 is 0.967 bits per heavy atom. The molecule has 3 heterocycles. The number of rotatable bonds is 9. The normalized spacial score (nSPS) is 18.0. The number of piperazine rings is 1. The molecule has 0 spiro atoms. The number of aliphatic hydroxyl groups excluding tert-OH is 1. The second-order valence-corrected chi connectivity index (χ2v) is 7.94. The molecule has 0 radical (unpaired) electrons. The van der Waals surface area contributed by atoms with Gasteiger partial charge in [-0.25, -0.2) is 9.97 Å². The SMILES string of the molecule is OCC[C@H]1CN(Cc2cccn2-c2ncccn2)CCN1CCCc1ccccc1. The van der Waals surface area contributed by atoms with E-state index < -0.39 is 0 Å². The zero-order valence-electron chi connectivity index (χ0n) is 17.5. The van der Waals surface area contributed by atoms with E-state index in [0.29, 0.717) is 12.0 Å². The van der Waals surface area contributed by atoms with E-state index in [1.54, 1.807) is 12.4 Å². The Morgan fingerprint density at radius 2 is 1.80 bits per heavy atom. The lowest BCUT2D eigenvalue weighted by Crippen LogP contribution is -2.53. The molecule has 6 nitrogen and oxygen atoms in total. The van der Waals surface area contributed by atoms with Crippen LogP contribution in [0.4, 0.5) is 0 Å². The molecular weight excluding hydrogens is 374 g/mol. The molecule has 1 atom stereocenters. The quantitative estimate of drug-likeness (QED) is 0.593. The number of aryl methyl sites for hydroxylation is 1. The Balaban J connectivity index is 1.34. The fraction of sp³-hybridized carbons (Fsp3) is 0.417. The smallest absolute Gasteiger partial charge is 0.233 e. The molecule has 1 aromatic carbocycles. The highest BCUT2D eigenvalue weighted by atomic mass is 16.3. The first-order chi connectivity index (χ1) is 14.8. The van der Waals surface area contributed by atoms with Gasteiger partial charge < -0.3 is 5.11 Å². The standard InChI is InChI=1S/C24H31N5O/c30-18-11-22-19-27(16-17-28(22)14-4-9-21-7-2-1-3-8-21)20-23-10-5-15-29(23)24-25-12-6-13-26-24/h1-3,5-8,10,12-13,15,22,30H,4,9,11,14,16-20H2/t22-/m0/s1. The molecule has 158 valence electrons. The van der Waals surface area contributed by atoms with Gasteiger partial charge in [0, 0.05) is 63.1 Å². The zero-order valence-corrected chi connectivity index (χ0v) is 17.5. The molecule has 6 heteroatoms. The summed E-state index contributed by atoms with van der Waals surface area (Å²) >= 11 is 0. The summed E-state index contributed by atoms with van der Waals surface area (Å²) < 4.78 is 2.06. The fourth-order valence-corrected chi connectivity index (χ4v) is 4.33. The lowest BCUT2D eigenvalue weighted by molar-refractivity contribution is 0.0538. The molecule has 0 unspecified atom stereocenters. The minimum atomic E-state index is 0.238. The predicted octanol–water partition coefficient (Wildman–Crippen LogP) is 2.77. The molecule has 1 fully saturated rings. The van der Waals surface area contributed by atoms with E-state index in [9.17, 15) is 5.11 Å². The average molecular weight is 406 g/mol. The molecule has 4 rings (SSSR count). The number of hydrogen-bond donors (Lipinski definition) is 1. The molecule has 1 aliphatic rings. The van der Waals surface area contributed by atoms with Gasteiger partial charge in [0.2, 0.25) is 5.95 Å². The second-order valence-electron chi connectivity index (χ2n) is 7.94. The summed E-state index contributed by atoms with van der Waals surface area (Å²) in [5, 5.41) is 9.61. The van der Waals surface area contributed by atoms with Crippen LogP contribution in [0, 0.1) is 0 Å². The zero-order chi connectivity index (χ0) is 20.6. The topological polar surface area (TPSA) is 57.4 Å². The van der Waals surface area contributed by atoms with Gasteiger partial charge in [-0.15, -0.1) is 0 Å². The maximum atomic E-state index is 9.61. The summed E-state index contributed by atoms with van der Waals surface area (Å²) in [6, 6.07) is 17.1. The Labute approximate surface area is 178 Å². The van der Waals surface area contributed by atoms with Crippen LogP contribution in [0.3, 0.4) is 0 Å². The minimum absolute atomic E-state index is 0.238. The summed E-state index contributed by atoms with van der Waals surface area (Å²) in [5.41, 5.74) is 2.60. The number of aromatic nitrogens is 3. The highest BCUT2D eigenvalue weighted by Gasteiger charge is 2.26. The minimum Gasteiger partial charge on any atom is -0.396 e. The molecule has 1 saturated heterocycles. The van der Waals surface area contributed by atoms with Crippen molar-refractivity contribution in [3.05, 3.63) is 78.4 Å². The lowest BCUT2D eigenvalue weighted by atomic mass is 10.1. The number of benzene rings is 1. The summed E-state index contributed by atoms with van der Waals surface area (Å²) in [6.07, 6.45) is 8.66. The van der Waals surface area contributed by atoms with Crippen LogP contribution in [0.5, 0.6) is 0 Å². The highest BCUT2D eigenvalue weighted by Crippen LogP contribution is 2.18. The maximum Gasteiger partial charge on any atom is 0.233 e. The van der Waals surface area contributed by atoms with Crippen LogP contribution in [0.1, 0.15) is 24.1 Å². The van der Waals surface area contributed by atoms with Gasteiger partial charge in [-0.1, -0.05) is 30.3 Å². The molecule has 3 aromatic rings. The first-order valence-electron chi connectivity index (χ1n) is 10.9. The van der Waals surface area contributed by atoms with E-state index in [4.69, 9.17) is 0 Å². The number of aliphatic hydroxyl groups is 1. The van der Waals surface area contributed by atoms with Crippen molar-refractivity contribution in [2.24, 2.45) is 0 Å². The van der Waals surface area contributed by atoms with Gasteiger partial charge in [0.15, 0.2) is 0 Å². The van der Waals surface area contributed by atoms with E-state index >= 15 is 0 Å². The Kier molecular flexibility index (Phi) is 7.24. The van der Waals surface area contributed by atoms with E-state index in [2.05, 4.69) is 66.8 Å². The third-order valence-corrected chi connectivity index (χ3v) is 5.89. The van der Waals surface area contributed by atoms with Gasteiger partial charge in [0.25, 0.3) is 0 Å². The van der Waals surface area contributed by atoms with E-state index in [0.717, 1.165) is 52.0 Å². The monoisotopic (exact) mass is 405 g/mol. The highest BCUT2D eigenvalue weighted by molar-refractivity contribution is 5.20. The van der Waals surface area contributed by atoms with Crippen molar-refractivity contribution in [1.29, 1.82) is 0 Å². The molecule has 30 heavy (non-hydrogen) atoms. The van der Waals surface area contributed by atoms with Crippen LogP contribution in [0.25, 0.3) is 5.95 Å². The third kappa shape index (κ3) is 5.33. The summed E-state index contributed by atoms with van der Waals surface area (Å²) in [5.74, 6) is 0.712. The Bertz CT molecular complexity index is 883. The fourth-order valence-electron chi connectivity index (χ4n) is 4.33.